The number of aryl methyl sites for hydroxylation is 2. The van der Waals surface area contributed by atoms with Crippen molar-refractivity contribution in [3.05, 3.63) is 59.2 Å². The van der Waals surface area contributed by atoms with Gasteiger partial charge in [-0.1, -0.05) is 43.7 Å². The maximum atomic E-state index is 5.94. The maximum absolute atomic E-state index is 5.94. The lowest BCUT2D eigenvalue weighted by Crippen LogP contribution is -1.96. The lowest BCUT2D eigenvalue weighted by molar-refractivity contribution is 0.305. The fourth-order valence-corrected chi connectivity index (χ4v) is 3.09. The SMILES string of the molecule is Cc1cccc(COc2cc(C)cc(SC(C)C)c2)c1. The Labute approximate surface area is 126 Å². The Morgan fingerprint density at radius 3 is 2.50 bits per heavy atom. The molecule has 0 radical (unpaired) electrons. The highest BCUT2D eigenvalue weighted by Gasteiger charge is 2.03. The molecule has 0 bridgehead atoms. The molecular weight excluding hydrogens is 264 g/mol. The van der Waals surface area contributed by atoms with E-state index in [1.54, 1.807) is 0 Å². The van der Waals surface area contributed by atoms with Gasteiger partial charge in [0.15, 0.2) is 0 Å². The number of ether oxygens (including phenoxy) is 1. The van der Waals surface area contributed by atoms with Gasteiger partial charge in [-0.25, -0.2) is 0 Å². The average molecular weight is 286 g/mol. The standard InChI is InChI=1S/C18H22OS/c1-13(2)20-18-10-15(4)9-17(11-18)19-12-16-7-5-6-14(3)8-16/h5-11,13H,12H2,1-4H3. The molecule has 0 amide bonds. The lowest BCUT2D eigenvalue weighted by Gasteiger charge is -2.11. The summed E-state index contributed by atoms with van der Waals surface area (Å²) < 4.78 is 5.94. The van der Waals surface area contributed by atoms with Gasteiger partial charge in [0.2, 0.25) is 0 Å². The molecule has 2 aromatic rings. The Morgan fingerprint density at radius 1 is 1.00 bits per heavy atom. The van der Waals surface area contributed by atoms with Crippen LogP contribution >= 0.6 is 11.8 Å². The minimum Gasteiger partial charge on any atom is -0.489 e. The second kappa shape index (κ2) is 6.85. The van der Waals surface area contributed by atoms with E-state index in [0.29, 0.717) is 11.9 Å². The van der Waals surface area contributed by atoms with Crippen LogP contribution in [-0.4, -0.2) is 5.25 Å². The molecule has 0 N–H and O–H groups in total. The molecule has 0 unspecified atom stereocenters. The van der Waals surface area contributed by atoms with Gasteiger partial charge < -0.3 is 4.74 Å². The summed E-state index contributed by atoms with van der Waals surface area (Å²) in [4.78, 5) is 1.28. The van der Waals surface area contributed by atoms with E-state index in [-0.39, 0.29) is 0 Å². The van der Waals surface area contributed by atoms with E-state index in [1.165, 1.54) is 21.6 Å². The van der Waals surface area contributed by atoms with Gasteiger partial charge >= 0.3 is 0 Å². The monoisotopic (exact) mass is 286 g/mol. The third-order valence-electron chi connectivity index (χ3n) is 2.88. The van der Waals surface area contributed by atoms with Crippen LogP contribution in [0.1, 0.15) is 30.5 Å². The summed E-state index contributed by atoms with van der Waals surface area (Å²) in [6.07, 6.45) is 0. The zero-order chi connectivity index (χ0) is 14.5. The molecule has 0 aliphatic heterocycles. The molecule has 0 aliphatic rings. The zero-order valence-corrected chi connectivity index (χ0v) is 13.5. The summed E-state index contributed by atoms with van der Waals surface area (Å²) in [5.74, 6) is 0.953. The quantitative estimate of drug-likeness (QED) is 0.682. The van der Waals surface area contributed by atoms with Crippen LogP contribution in [0, 0.1) is 13.8 Å². The highest BCUT2D eigenvalue weighted by Crippen LogP contribution is 2.28. The largest absolute Gasteiger partial charge is 0.489 e. The van der Waals surface area contributed by atoms with Crippen LogP contribution in [0.4, 0.5) is 0 Å². The van der Waals surface area contributed by atoms with E-state index in [2.05, 4.69) is 70.2 Å². The second-order valence-corrected chi connectivity index (χ2v) is 7.08. The molecule has 0 atom stereocenters. The van der Waals surface area contributed by atoms with Gasteiger partial charge in [-0.05, 0) is 43.2 Å². The van der Waals surface area contributed by atoms with E-state index in [9.17, 15) is 0 Å². The Kier molecular flexibility index (Phi) is 5.13. The molecule has 2 aromatic carbocycles. The second-order valence-electron chi connectivity index (χ2n) is 5.43. The van der Waals surface area contributed by atoms with Crippen LogP contribution in [0.2, 0.25) is 0 Å². The third kappa shape index (κ3) is 4.61. The first-order chi connectivity index (χ1) is 9.52. The third-order valence-corrected chi connectivity index (χ3v) is 3.86. The first-order valence-electron chi connectivity index (χ1n) is 6.99. The lowest BCUT2D eigenvalue weighted by atomic mass is 10.1. The normalized spacial score (nSPS) is 10.8. The van der Waals surface area contributed by atoms with Crippen molar-refractivity contribution >= 4 is 11.8 Å². The summed E-state index contributed by atoms with van der Waals surface area (Å²) in [5, 5.41) is 0.585. The van der Waals surface area contributed by atoms with Gasteiger partial charge in [0.05, 0.1) is 0 Å². The summed E-state index contributed by atoms with van der Waals surface area (Å²) in [7, 11) is 0. The molecule has 2 heteroatoms. The van der Waals surface area contributed by atoms with Crippen LogP contribution in [0.15, 0.2) is 47.4 Å². The van der Waals surface area contributed by atoms with Gasteiger partial charge in [0, 0.05) is 10.1 Å². The molecule has 0 saturated heterocycles. The Hall–Kier alpha value is -1.41. The Balaban J connectivity index is 2.07. The molecule has 2 rings (SSSR count). The van der Waals surface area contributed by atoms with Gasteiger partial charge in [-0.15, -0.1) is 11.8 Å². The van der Waals surface area contributed by atoms with E-state index in [1.807, 2.05) is 11.8 Å². The van der Waals surface area contributed by atoms with Crippen molar-refractivity contribution in [3.63, 3.8) is 0 Å². The topological polar surface area (TPSA) is 9.23 Å². The van der Waals surface area contributed by atoms with E-state index in [4.69, 9.17) is 4.74 Å². The fraction of sp³-hybridized carbons (Fsp3) is 0.333. The molecule has 0 saturated carbocycles. The van der Waals surface area contributed by atoms with Crippen molar-refractivity contribution in [2.75, 3.05) is 0 Å². The van der Waals surface area contributed by atoms with Gasteiger partial charge in [-0.2, -0.15) is 0 Å². The van der Waals surface area contributed by atoms with Crippen molar-refractivity contribution in [3.8, 4) is 5.75 Å². The smallest absolute Gasteiger partial charge is 0.121 e. The van der Waals surface area contributed by atoms with Gasteiger partial charge in [-0.3, -0.25) is 0 Å². The molecule has 20 heavy (non-hydrogen) atoms. The summed E-state index contributed by atoms with van der Waals surface area (Å²) in [6, 6.07) is 14.9. The molecule has 0 aliphatic carbocycles. The van der Waals surface area contributed by atoms with E-state index >= 15 is 0 Å². The van der Waals surface area contributed by atoms with Crippen molar-refractivity contribution in [1.82, 2.24) is 0 Å². The van der Waals surface area contributed by atoms with Gasteiger partial charge in [0.1, 0.15) is 12.4 Å². The molecule has 1 nitrogen and oxygen atoms in total. The minimum absolute atomic E-state index is 0.585. The zero-order valence-electron chi connectivity index (χ0n) is 12.6. The van der Waals surface area contributed by atoms with Crippen molar-refractivity contribution in [1.29, 1.82) is 0 Å². The molecular formula is C18H22OS. The van der Waals surface area contributed by atoms with Crippen LogP contribution in [0.25, 0.3) is 0 Å². The Bertz CT molecular complexity index is 575. The first-order valence-corrected chi connectivity index (χ1v) is 7.87. The van der Waals surface area contributed by atoms with Crippen LogP contribution in [0.3, 0.4) is 0 Å². The van der Waals surface area contributed by atoms with Crippen molar-refractivity contribution in [2.45, 2.75) is 44.4 Å². The van der Waals surface area contributed by atoms with Crippen molar-refractivity contribution in [2.24, 2.45) is 0 Å². The van der Waals surface area contributed by atoms with Crippen LogP contribution in [-0.2, 0) is 6.61 Å². The Morgan fingerprint density at radius 2 is 1.80 bits per heavy atom. The van der Waals surface area contributed by atoms with E-state index in [0.717, 1.165) is 5.75 Å². The highest BCUT2D eigenvalue weighted by atomic mass is 32.2. The molecule has 0 spiro atoms. The summed E-state index contributed by atoms with van der Waals surface area (Å²) >= 11 is 1.87. The summed E-state index contributed by atoms with van der Waals surface area (Å²) in [5.41, 5.74) is 3.73. The molecule has 106 valence electrons. The first kappa shape index (κ1) is 15.0. The number of hydrogen-bond donors (Lipinski definition) is 0. The highest BCUT2D eigenvalue weighted by molar-refractivity contribution is 7.99. The predicted molar refractivity (Wildman–Crippen MR) is 87.7 cm³/mol. The van der Waals surface area contributed by atoms with Crippen molar-refractivity contribution < 1.29 is 4.74 Å². The number of hydrogen-bond acceptors (Lipinski definition) is 2. The summed E-state index contributed by atoms with van der Waals surface area (Å²) in [6.45, 7) is 9.26. The van der Waals surface area contributed by atoms with Crippen LogP contribution < -0.4 is 4.74 Å². The maximum Gasteiger partial charge on any atom is 0.121 e. The van der Waals surface area contributed by atoms with Crippen LogP contribution in [0.5, 0.6) is 5.75 Å². The average Bonchev–Trinajstić information content (AvgIpc) is 2.35. The molecule has 0 heterocycles. The molecule has 0 aromatic heterocycles. The predicted octanol–water partition coefficient (Wildman–Crippen LogP) is 5.38. The van der Waals surface area contributed by atoms with Gasteiger partial charge in [0.25, 0.3) is 0 Å². The van der Waals surface area contributed by atoms with E-state index < -0.39 is 0 Å². The minimum atomic E-state index is 0.585. The fourth-order valence-electron chi connectivity index (χ4n) is 2.11. The molecule has 0 fully saturated rings. The number of thioether (sulfide) groups is 1. The number of rotatable bonds is 5. The number of benzene rings is 2.